The van der Waals surface area contributed by atoms with Crippen LogP contribution >= 0.6 is 0 Å². The van der Waals surface area contributed by atoms with E-state index in [-0.39, 0.29) is 0 Å². The van der Waals surface area contributed by atoms with Crippen LogP contribution in [0, 0.1) is 12.3 Å². The summed E-state index contributed by atoms with van der Waals surface area (Å²) in [6.07, 6.45) is 2.37. The molecule has 0 aromatic heterocycles. The van der Waals surface area contributed by atoms with E-state index in [1.807, 2.05) is 0 Å². The molecule has 65 valence electrons. The minimum Gasteiger partial charge on any atom is -0.0625 e. The molecule has 1 aromatic rings. The maximum Gasteiger partial charge on any atom is -0.0157 e. The highest BCUT2D eigenvalue weighted by Crippen LogP contribution is 2.21. The minimum absolute atomic E-state index is 0.575. The maximum atomic E-state index is 2.37. The lowest BCUT2D eigenvalue weighted by Gasteiger charge is -2.13. The first-order chi connectivity index (χ1) is 5.70. The lowest BCUT2D eigenvalue weighted by molar-refractivity contribution is 0.672. The fourth-order valence-electron chi connectivity index (χ4n) is 1.45. The Bertz CT molecular complexity index is 211. The van der Waals surface area contributed by atoms with E-state index in [0.29, 0.717) is 11.8 Å². The van der Waals surface area contributed by atoms with Gasteiger partial charge in [0.1, 0.15) is 0 Å². The molecule has 1 radical (unpaired) electrons. The van der Waals surface area contributed by atoms with Gasteiger partial charge in [-0.05, 0) is 23.8 Å². The van der Waals surface area contributed by atoms with Crippen LogP contribution in [-0.4, -0.2) is 0 Å². The normalized spacial score (nSPS) is 13.3. The fraction of sp³-hybridized carbons (Fsp3) is 0.417. The maximum absolute atomic E-state index is 2.37. The Labute approximate surface area is 75.6 Å². The third kappa shape index (κ3) is 2.69. The predicted molar refractivity (Wildman–Crippen MR) is 54.0 cm³/mol. The van der Waals surface area contributed by atoms with Crippen molar-refractivity contribution in [1.29, 1.82) is 0 Å². The van der Waals surface area contributed by atoms with E-state index in [1.165, 1.54) is 5.56 Å². The molecule has 0 heterocycles. The van der Waals surface area contributed by atoms with Crippen molar-refractivity contribution < 1.29 is 0 Å². The van der Waals surface area contributed by atoms with Gasteiger partial charge in [0, 0.05) is 0 Å². The van der Waals surface area contributed by atoms with E-state index < -0.39 is 0 Å². The van der Waals surface area contributed by atoms with Crippen molar-refractivity contribution in [2.45, 2.75) is 26.7 Å². The molecule has 12 heavy (non-hydrogen) atoms. The molecule has 0 heteroatoms. The van der Waals surface area contributed by atoms with Crippen molar-refractivity contribution in [2.24, 2.45) is 5.92 Å². The summed E-state index contributed by atoms with van der Waals surface area (Å²) in [6.45, 7) is 6.69. The van der Waals surface area contributed by atoms with Gasteiger partial charge in [0.15, 0.2) is 0 Å². The summed E-state index contributed by atoms with van der Waals surface area (Å²) in [6, 6.07) is 10.6. The second-order valence-electron chi connectivity index (χ2n) is 3.64. The zero-order chi connectivity index (χ0) is 8.97. The van der Waals surface area contributed by atoms with Crippen LogP contribution in [0.25, 0.3) is 0 Å². The van der Waals surface area contributed by atoms with Crippen LogP contribution in [0.2, 0.25) is 0 Å². The van der Waals surface area contributed by atoms with Crippen molar-refractivity contribution in [3.63, 3.8) is 0 Å². The Kier molecular flexibility index (Phi) is 3.33. The van der Waals surface area contributed by atoms with Gasteiger partial charge in [-0.1, -0.05) is 51.1 Å². The molecule has 0 aliphatic heterocycles. The molecule has 0 fully saturated rings. The molecule has 0 nitrogen and oxygen atoms in total. The van der Waals surface area contributed by atoms with Gasteiger partial charge in [0.2, 0.25) is 0 Å². The molecule has 0 N–H and O–H groups in total. The first kappa shape index (κ1) is 9.31. The minimum atomic E-state index is 0.575. The summed E-state index contributed by atoms with van der Waals surface area (Å²) < 4.78 is 0. The molecule has 1 aromatic carbocycles. The van der Waals surface area contributed by atoms with E-state index in [0.717, 1.165) is 0 Å². The van der Waals surface area contributed by atoms with Gasteiger partial charge in [-0.3, -0.25) is 0 Å². The quantitative estimate of drug-likeness (QED) is 0.634. The molecule has 0 aliphatic carbocycles. The topological polar surface area (TPSA) is 0 Å². The van der Waals surface area contributed by atoms with Crippen molar-refractivity contribution in [3.05, 3.63) is 42.3 Å². The highest BCUT2D eigenvalue weighted by Gasteiger charge is 2.06. The Morgan fingerprint density at radius 3 is 2.08 bits per heavy atom. The summed E-state index contributed by atoms with van der Waals surface area (Å²) >= 11 is 0. The number of rotatable bonds is 3. The summed E-state index contributed by atoms with van der Waals surface area (Å²) in [5.41, 5.74) is 1.41. The smallest absolute Gasteiger partial charge is 0.0157 e. The van der Waals surface area contributed by atoms with Crippen LogP contribution in [0.1, 0.15) is 32.3 Å². The summed E-state index contributed by atoms with van der Waals surface area (Å²) in [5.74, 6) is 1.24. The van der Waals surface area contributed by atoms with Gasteiger partial charge in [-0.2, -0.15) is 0 Å². The van der Waals surface area contributed by atoms with Crippen molar-refractivity contribution in [3.8, 4) is 0 Å². The number of hydrogen-bond acceptors (Lipinski definition) is 0. The SMILES string of the molecule is CC(C)[CH]C(C)c1ccccc1. The highest BCUT2D eigenvalue weighted by atomic mass is 14.1. The van der Waals surface area contributed by atoms with Gasteiger partial charge in [0.05, 0.1) is 0 Å². The van der Waals surface area contributed by atoms with Crippen LogP contribution in [0.4, 0.5) is 0 Å². The third-order valence-corrected chi connectivity index (χ3v) is 2.00. The largest absolute Gasteiger partial charge is 0.0625 e. The van der Waals surface area contributed by atoms with Crippen molar-refractivity contribution in [2.75, 3.05) is 0 Å². The molecule has 0 saturated heterocycles. The molecule has 1 unspecified atom stereocenters. The van der Waals surface area contributed by atoms with E-state index in [2.05, 4.69) is 57.5 Å². The lowest BCUT2D eigenvalue weighted by atomic mass is 9.92. The molecule has 1 atom stereocenters. The van der Waals surface area contributed by atoms with Gasteiger partial charge in [0.25, 0.3) is 0 Å². The monoisotopic (exact) mass is 161 g/mol. The first-order valence-corrected chi connectivity index (χ1v) is 4.60. The third-order valence-electron chi connectivity index (χ3n) is 2.00. The average molecular weight is 161 g/mol. The Balaban J connectivity index is 2.59. The number of hydrogen-bond donors (Lipinski definition) is 0. The Hall–Kier alpha value is -0.780. The second-order valence-corrected chi connectivity index (χ2v) is 3.64. The summed E-state index contributed by atoms with van der Waals surface area (Å²) in [5, 5.41) is 0. The van der Waals surface area contributed by atoms with Crippen molar-refractivity contribution >= 4 is 0 Å². The molecule has 0 bridgehead atoms. The summed E-state index contributed by atoms with van der Waals surface area (Å²) in [7, 11) is 0. The molecule has 0 spiro atoms. The zero-order valence-corrected chi connectivity index (χ0v) is 8.12. The van der Waals surface area contributed by atoms with E-state index in [4.69, 9.17) is 0 Å². The van der Waals surface area contributed by atoms with Crippen LogP contribution in [0.5, 0.6) is 0 Å². The fourth-order valence-corrected chi connectivity index (χ4v) is 1.45. The second kappa shape index (κ2) is 4.30. The standard InChI is InChI=1S/C12H17/c1-10(2)9-11(3)12-7-5-4-6-8-12/h4-11H,1-3H3. The van der Waals surface area contributed by atoms with Gasteiger partial charge < -0.3 is 0 Å². The Morgan fingerprint density at radius 2 is 1.58 bits per heavy atom. The van der Waals surface area contributed by atoms with Gasteiger partial charge in [-0.15, -0.1) is 0 Å². The van der Waals surface area contributed by atoms with Crippen LogP contribution in [0.15, 0.2) is 30.3 Å². The molecular weight excluding hydrogens is 144 g/mol. The predicted octanol–water partition coefficient (Wildman–Crippen LogP) is 3.65. The van der Waals surface area contributed by atoms with E-state index in [1.54, 1.807) is 0 Å². The number of benzene rings is 1. The Morgan fingerprint density at radius 1 is 1.00 bits per heavy atom. The highest BCUT2D eigenvalue weighted by molar-refractivity contribution is 5.21. The van der Waals surface area contributed by atoms with Crippen LogP contribution in [-0.2, 0) is 0 Å². The molecule has 0 saturated carbocycles. The van der Waals surface area contributed by atoms with Crippen LogP contribution < -0.4 is 0 Å². The molecule has 1 rings (SSSR count). The van der Waals surface area contributed by atoms with Gasteiger partial charge in [-0.25, -0.2) is 0 Å². The molecular formula is C12H17. The molecule has 0 amide bonds. The van der Waals surface area contributed by atoms with E-state index in [9.17, 15) is 0 Å². The van der Waals surface area contributed by atoms with Gasteiger partial charge >= 0.3 is 0 Å². The first-order valence-electron chi connectivity index (χ1n) is 4.60. The average Bonchev–Trinajstić information content (AvgIpc) is 2.05. The molecule has 0 aliphatic rings. The van der Waals surface area contributed by atoms with Crippen LogP contribution in [0.3, 0.4) is 0 Å². The lowest BCUT2D eigenvalue weighted by Crippen LogP contribution is -1.99. The van der Waals surface area contributed by atoms with Crippen molar-refractivity contribution in [1.82, 2.24) is 0 Å². The summed E-state index contributed by atoms with van der Waals surface area (Å²) in [4.78, 5) is 0. The van der Waals surface area contributed by atoms with E-state index >= 15 is 0 Å². The zero-order valence-electron chi connectivity index (χ0n) is 8.12.